The Labute approximate surface area is 888 Å². The molecule has 0 N–H and O–H groups in total. The van der Waals surface area contributed by atoms with Gasteiger partial charge in [-0.2, -0.15) is 10.5 Å². The molecule has 7 aromatic heterocycles. The summed E-state index contributed by atoms with van der Waals surface area (Å²) in [7, 11) is 2.14. The Morgan fingerprint density at radius 1 is 0.302 bits per heavy atom. The van der Waals surface area contributed by atoms with Crippen LogP contribution < -0.4 is 9.64 Å². The van der Waals surface area contributed by atoms with E-state index in [1.54, 1.807) is 42.9 Å². The van der Waals surface area contributed by atoms with E-state index in [1.807, 2.05) is 188 Å². The van der Waals surface area contributed by atoms with Gasteiger partial charge in [-0.1, -0.05) is 219 Å². The Morgan fingerprint density at radius 3 is 1.06 bits per heavy atom. The number of nitriles is 2. The first-order valence-electron chi connectivity index (χ1n) is 43.4. The molecule has 0 amide bonds. The van der Waals surface area contributed by atoms with Crippen molar-refractivity contribution in [3.05, 3.63) is 526 Å². The number of fused-ring (bicyclic) bond motifs is 24. The van der Waals surface area contributed by atoms with Gasteiger partial charge in [-0.25, -0.2) is 0 Å². The number of ether oxygens (including phenoxy) is 1. The fourth-order valence-corrected chi connectivity index (χ4v) is 20.3. The monoisotopic (exact) mass is 2870 g/mol. The molecule has 19 aromatic rings. The summed E-state index contributed by atoms with van der Waals surface area (Å²) in [5.41, 5.74) is 43.7. The molecule has 139 heavy (non-hydrogen) atoms. The molecule has 10 heterocycles. The average Bonchev–Trinajstić information content (AvgIpc) is 1.59. The van der Waals surface area contributed by atoms with Crippen LogP contribution >= 0.6 is 11.8 Å². The number of benzene rings is 12. The number of pyridine rings is 6. The molecule has 0 saturated carbocycles. The van der Waals surface area contributed by atoms with Gasteiger partial charge in [0.05, 0.1) is 5.58 Å². The van der Waals surface area contributed by atoms with Crippen LogP contribution in [0.4, 0.5) is 11.4 Å². The Hall–Kier alpha value is -14.0. The zero-order valence-electron chi connectivity index (χ0n) is 73.1. The predicted octanol–water partition coefficient (Wildman–Crippen LogP) is 27.1. The molecule has 19 heteroatoms. The number of carbonyl (C=O) groups is 1. The van der Waals surface area contributed by atoms with Gasteiger partial charge in [0, 0.05) is 219 Å². The minimum Gasteiger partial charge on any atom is -0.509 e. The molecule has 0 bridgehead atoms. The number of hydrogen-bond donors (Lipinski definition) is 0. The molecule has 12 aromatic carbocycles. The summed E-state index contributed by atoms with van der Waals surface area (Å²) >= 11 is 1.85. The smallest absolute Gasteiger partial charge is 0.178 e. The van der Waals surface area contributed by atoms with E-state index >= 15 is 0 Å². The molecule has 12 nitrogen and oxygen atoms in total. The normalized spacial score (nSPS) is 12.7. The SMILES string of the molecule is CN1c2ccccc2C(=C2c3ccc[c-]c3-c3ncccc32)c2ccccc21.N#CC(C#N)=C1c2ccc[c-]c2-c2ncccc21.O=C1C=CC(=C2c3ccc[c-]c3-c3ncccc32)C=C1.[Ir].[Ir].[Ir].[Ir].[Ir].[Ir].[c-]1cccc2c1-c1ncccc1C2=C1c2ccccc2Oc2ccccc21.[c-]1cccc2c1-c1ncccc1C2=C1c2ccccc2Sc2ccccc21.[c-]1cccc2oc3cccnc3c12. The first kappa shape index (κ1) is 96.7. The van der Waals surface area contributed by atoms with Crippen molar-refractivity contribution >= 4 is 95.6 Å². The van der Waals surface area contributed by atoms with Gasteiger partial charge in [-0.15, -0.1) is 173 Å². The number of ketones is 1. The minimum absolute atomic E-state index is 0. The number of hydrogen-bond acceptors (Lipinski definition) is 13. The van der Waals surface area contributed by atoms with Gasteiger partial charge in [-0.05, 0) is 186 Å². The van der Waals surface area contributed by atoms with Crippen molar-refractivity contribution in [1.82, 2.24) is 29.9 Å². The molecule has 6 aliphatic carbocycles. The first-order valence-corrected chi connectivity index (χ1v) is 44.2. The topological polar surface area (TPSA) is 168 Å². The summed E-state index contributed by atoms with van der Waals surface area (Å²) in [5, 5.41) is 19.1. The van der Waals surface area contributed by atoms with Crippen LogP contribution in [0.2, 0.25) is 0 Å². The van der Waals surface area contributed by atoms with Crippen molar-refractivity contribution in [2.24, 2.45) is 0 Å². The summed E-state index contributed by atoms with van der Waals surface area (Å²) < 4.78 is 11.7. The molecule has 676 valence electrons. The summed E-state index contributed by atoms with van der Waals surface area (Å²) in [4.78, 5) is 43.3. The Bertz CT molecular complexity index is 7810. The van der Waals surface area contributed by atoms with E-state index in [1.165, 1.54) is 105 Å². The van der Waals surface area contributed by atoms with Crippen molar-refractivity contribution in [1.29, 1.82) is 10.5 Å². The third kappa shape index (κ3) is 17.4. The second-order valence-corrected chi connectivity index (χ2v) is 33.1. The van der Waals surface area contributed by atoms with Crippen LogP contribution in [-0.4, -0.2) is 42.7 Å². The molecule has 9 aliphatic rings. The number of rotatable bonds is 0. The second kappa shape index (κ2) is 42.1. The molecular weight excluding hydrogens is 2800 g/mol. The van der Waals surface area contributed by atoms with Gasteiger partial charge in [0.1, 0.15) is 29.2 Å². The van der Waals surface area contributed by atoms with Gasteiger partial charge in [0.2, 0.25) is 0 Å². The fourth-order valence-electron chi connectivity index (χ4n) is 19.2. The third-order valence-corrected chi connectivity index (χ3v) is 25.9. The van der Waals surface area contributed by atoms with Gasteiger partial charge in [-0.3, -0.25) is 4.79 Å². The maximum atomic E-state index is 11.3. The van der Waals surface area contributed by atoms with E-state index in [0.717, 1.165) is 140 Å². The molecular formula is C120H67Ir6N9O3S-6. The van der Waals surface area contributed by atoms with E-state index in [9.17, 15) is 4.79 Å². The molecule has 3 aliphatic heterocycles. The zero-order chi connectivity index (χ0) is 89.0. The van der Waals surface area contributed by atoms with Crippen LogP contribution in [0.1, 0.15) is 89.0 Å². The number of allylic oxidation sites excluding steroid dienone is 6. The van der Waals surface area contributed by atoms with Crippen LogP contribution in [-0.2, 0) is 125 Å². The zero-order valence-corrected chi connectivity index (χ0v) is 88.3. The number of nitrogens with zero attached hydrogens (tertiary/aromatic N) is 9. The van der Waals surface area contributed by atoms with Crippen molar-refractivity contribution < 1.29 is 135 Å². The Morgan fingerprint density at radius 2 is 0.612 bits per heavy atom. The molecule has 0 fully saturated rings. The standard InChI is InChI=1S/C26H17N2.C25H14NO.C25H14NS.C18H10NO.C15H6N3.C11H6NO.6Ir/c1-28-22-14-6-4-11-19(22)25(20-12-5-7-15-23(20)28)24-17-9-2-3-10-18(17)26-21(24)13-8-16-27-26;2*1-2-9-17-16(8-1)23(20-12-7-15-26-25(17)20)24-18-10-3-5-13-21(18)27-22-14-6-4-11-19(22)24;20-13-9-7-12(8-10-13)17-14-4-1-2-5-15(14)18-16(17)6-3-11-19-18;16-8-10(9-17)14-11-4-1-2-5-12(11)15-13(14)6-3-7-18-15;1-2-5-9-8(4-1)11-10(13-9)6-3-7-12-11;;;;;;/h2-9,11-16H,1H3;2*1-8,10-15H;1-4,6-11H;1-4,6-7H;1-3,5-7H;;;;;;/q6*-1;;;;;;. The number of para-hydroxylation sites is 4. The van der Waals surface area contributed by atoms with E-state index < -0.39 is 0 Å². The van der Waals surface area contributed by atoms with Crippen molar-refractivity contribution in [2.45, 2.75) is 9.79 Å². The van der Waals surface area contributed by atoms with Gasteiger partial charge in [0.15, 0.2) is 5.78 Å². The van der Waals surface area contributed by atoms with Crippen molar-refractivity contribution in [3.8, 4) is 79.9 Å². The van der Waals surface area contributed by atoms with E-state index in [0.29, 0.717) is 5.57 Å². The van der Waals surface area contributed by atoms with Crippen LogP contribution in [0.5, 0.6) is 11.5 Å². The van der Waals surface area contributed by atoms with Crippen LogP contribution in [0.3, 0.4) is 0 Å². The van der Waals surface area contributed by atoms with E-state index in [4.69, 9.17) is 24.7 Å². The largest absolute Gasteiger partial charge is 0.509 e. The second-order valence-electron chi connectivity index (χ2n) is 32.1. The molecule has 0 unspecified atom stereocenters. The van der Waals surface area contributed by atoms with Crippen LogP contribution in [0, 0.1) is 59.1 Å². The maximum Gasteiger partial charge on any atom is 0.178 e. The summed E-state index contributed by atoms with van der Waals surface area (Å²) in [6.45, 7) is 0. The third-order valence-electron chi connectivity index (χ3n) is 24.7. The first-order chi connectivity index (χ1) is 65.8. The molecule has 0 spiro atoms. The predicted molar refractivity (Wildman–Crippen MR) is 525 cm³/mol. The average molecular weight is 2870 g/mol. The van der Waals surface area contributed by atoms with Crippen molar-refractivity contribution in [2.75, 3.05) is 11.9 Å². The number of anilines is 2. The molecule has 28 rings (SSSR count). The number of aromatic nitrogens is 6. The van der Waals surface area contributed by atoms with Crippen LogP contribution in [0.25, 0.3) is 123 Å². The van der Waals surface area contributed by atoms with Gasteiger partial charge in [0.25, 0.3) is 0 Å². The summed E-state index contributed by atoms with van der Waals surface area (Å²) in [5.74, 6) is 1.80. The Balaban J connectivity index is 0.000000116. The quantitative estimate of drug-likeness (QED) is 0.104. The number of furan rings is 1. The number of carbonyl (C=O) groups excluding carboxylic acids is 1. The van der Waals surface area contributed by atoms with Gasteiger partial charge >= 0.3 is 0 Å². The van der Waals surface area contributed by atoms with Crippen LogP contribution in [0.15, 0.2) is 414 Å². The summed E-state index contributed by atoms with van der Waals surface area (Å²) in [6, 6.07) is 135. The molecule has 0 saturated heterocycles. The maximum absolute atomic E-state index is 11.3. The molecule has 0 atom stereocenters. The van der Waals surface area contributed by atoms with Gasteiger partial charge < -0.3 is 44.0 Å². The fraction of sp³-hybridized carbons (Fsp3) is 0.00833. The Kier molecular flexibility index (Phi) is 29.3. The van der Waals surface area contributed by atoms with E-state index in [2.05, 4.69) is 255 Å². The summed E-state index contributed by atoms with van der Waals surface area (Å²) in [6.07, 6.45) is 17.8. The van der Waals surface area contributed by atoms with Crippen molar-refractivity contribution in [3.63, 3.8) is 0 Å². The molecule has 6 radical (unpaired) electrons. The minimum atomic E-state index is 0. The van der Waals surface area contributed by atoms with E-state index in [-0.39, 0.29) is 132 Å².